The lowest BCUT2D eigenvalue weighted by molar-refractivity contribution is 0.0695. The third kappa shape index (κ3) is 2.07. The maximum absolute atomic E-state index is 13.2. The van der Waals surface area contributed by atoms with E-state index >= 15 is 0 Å². The van der Waals surface area contributed by atoms with Crippen molar-refractivity contribution in [2.45, 2.75) is 12.8 Å². The summed E-state index contributed by atoms with van der Waals surface area (Å²) in [6, 6.07) is 5.72. The van der Waals surface area contributed by atoms with Gasteiger partial charge in [0.25, 0.3) is 0 Å². The molecular weight excluding hydrogens is 185 g/mol. The second-order valence-corrected chi connectivity index (χ2v) is 2.73. The number of carboxylic acid groups (broad SMARTS) is 1. The largest absolute Gasteiger partial charge is 0.478 e. The molecule has 1 aromatic carbocycles. The summed E-state index contributed by atoms with van der Waals surface area (Å²) in [4.78, 5) is 10.7. The van der Waals surface area contributed by atoms with Gasteiger partial charge in [0.2, 0.25) is 0 Å². The summed E-state index contributed by atoms with van der Waals surface area (Å²) in [5.41, 5.74) is 0.0294. The number of carboxylic acids is 1. The quantitative estimate of drug-likeness (QED) is 0.798. The van der Waals surface area contributed by atoms with Crippen LogP contribution in [-0.2, 0) is 6.42 Å². The lowest BCUT2D eigenvalue weighted by atomic mass is 10.0. The number of rotatable bonds is 3. The number of nitriles is 1. The average molecular weight is 193 g/mol. The van der Waals surface area contributed by atoms with Gasteiger partial charge in [-0.3, -0.25) is 0 Å². The van der Waals surface area contributed by atoms with Crippen molar-refractivity contribution in [2.75, 3.05) is 0 Å². The van der Waals surface area contributed by atoms with Crippen molar-refractivity contribution in [3.63, 3.8) is 0 Å². The highest BCUT2D eigenvalue weighted by atomic mass is 19.1. The highest BCUT2D eigenvalue weighted by Crippen LogP contribution is 2.15. The van der Waals surface area contributed by atoms with E-state index in [9.17, 15) is 9.18 Å². The van der Waals surface area contributed by atoms with E-state index in [4.69, 9.17) is 10.4 Å². The first-order valence-electron chi connectivity index (χ1n) is 4.04. The number of hydrogen-bond acceptors (Lipinski definition) is 2. The van der Waals surface area contributed by atoms with Gasteiger partial charge in [-0.2, -0.15) is 5.26 Å². The van der Waals surface area contributed by atoms with E-state index in [1.54, 1.807) is 0 Å². The lowest BCUT2D eigenvalue weighted by Crippen LogP contribution is -2.04. The smallest absolute Gasteiger partial charge is 0.336 e. The summed E-state index contributed by atoms with van der Waals surface area (Å²) >= 11 is 0. The molecule has 72 valence electrons. The summed E-state index contributed by atoms with van der Waals surface area (Å²) in [5, 5.41) is 17.1. The molecule has 0 amide bonds. The SMILES string of the molecule is N#CCCc1c(F)cccc1C(=O)O. The first-order chi connectivity index (χ1) is 6.66. The summed E-state index contributed by atoms with van der Waals surface area (Å²) in [6.45, 7) is 0. The van der Waals surface area contributed by atoms with E-state index in [-0.39, 0.29) is 24.0 Å². The number of benzene rings is 1. The number of hydrogen-bond donors (Lipinski definition) is 1. The minimum atomic E-state index is -1.17. The fraction of sp³-hybridized carbons (Fsp3) is 0.200. The van der Waals surface area contributed by atoms with Gasteiger partial charge in [-0.1, -0.05) is 6.07 Å². The van der Waals surface area contributed by atoms with Crippen molar-refractivity contribution in [3.8, 4) is 6.07 Å². The number of carbonyl (C=O) groups is 1. The Morgan fingerprint density at radius 1 is 1.57 bits per heavy atom. The van der Waals surface area contributed by atoms with Gasteiger partial charge >= 0.3 is 5.97 Å². The first kappa shape index (κ1) is 10.2. The summed E-state index contributed by atoms with van der Waals surface area (Å²) in [7, 11) is 0. The number of aromatic carboxylic acids is 1. The fourth-order valence-electron chi connectivity index (χ4n) is 1.19. The Balaban J connectivity index is 3.10. The molecule has 0 aromatic heterocycles. The van der Waals surface area contributed by atoms with E-state index in [1.807, 2.05) is 6.07 Å². The van der Waals surface area contributed by atoms with Crippen LogP contribution < -0.4 is 0 Å². The normalized spacial score (nSPS) is 9.43. The molecule has 1 aromatic rings. The number of nitrogens with zero attached hydrogens (tertiary/aromatic N) is 1. The maximum Gasteiger partial charge on any atom is 0.336 e. The highest BCUT2D eigenvalue weighted by Gasteiger charge is 2.13. The Morgan fingerprint density at radius 3 is 2.86 bits per heavy atom. The van der Waals surface area contributed by atoms with Crippen LogP contribution in [0.4, 0.5) is 4.39 Å². The van der Waals surface area contributed by atoms with Gasteiger partial charge in [0.05, 0.1) is 11.6 Å². The van der Waals surface area contributed by atoms with Crippen molar-refractivity contribution in [2.24, 2.45) is 0 Å². The number of halogens is 1. The van der Waals surface area contributed by atoms with Crippen molar-refractivity contribution in [1.29, 1.82) is 5.26 Å². The molecular formula is C10H8FNO2. The van der Waals surface area contributed by atoms with Crippen LogP contribution in [0.1, 0.15) is 22.3 Å². The van der Waals surface area contributed by atoms with Gasteiger partial charge < -0.3 is 5.11 Å². The third-order valence-electron chi connectivity index (χ3n) is 1.84. The Labute approximate surface area is 80.4 Å². The zero-order chi connectivity index (χ0) is 10.6. The summed E-state index contributed by atoms with van der Waals surface area (Å²) in [5.74, 6) is -1.74. The highest BCUT2D eigenvalue weighted by molar-refractivity contribution is 5.89. The molecule has 0 bridgehead atoms. The molecule has 0 radical (unpaired) electrons. The molecule has 0 unspecified atom stereocenters. The molecule has 1 N–H and O–H groups in total. The van der Waals surface area contributed by atoms with Crippen LogP contribution in [-0.4, -0.2) is 11.1 Å². The van der Waals surface area contributed by atoms with Crippen molar-refractivity contribution in [3.05, 3.63) is 35.1 Å². The van der Waals surface area contributed by atoms with Gasteiger partial charge in [0, 0.05) is 12.0 Å². The second kappa shape index (κ2) is 4.38. The first-order valence-corrected chi connectivity index (χ1v) is 4.04. The Hall–Kier alpha value is -1.89. The zero-order valence-corrected chi connectivity index (χ0v) is 7.33. The molecule has 0 atom stereocenters. The van der Waals surface area contributed by atoms with Crippen molar-refractivity contribution < 1.29 is 14.3 Å². The van der Waals surface area contributed by atoms with Crippen molar-refractivity contribution in [1.82, 2.24) is 0 Å². The molecule has 4 heteroatoms. The molecule has 0 aliphatic carbocycles. The van der Waals surface area contributed by atoms with Gasteiger partial charge in [-0.25, -0.2) is 9.18 Å². The molecule has 0 aliphatic rings. The molecule has 0 aliphatic heterocycles. The summed E-state index contributed by atoms with van der Waals surface area (Å²) in [6.07, 6.45) is 0.242. The predicted octanol–water partition coefficient (Wildman–Crippen LogP) is 1.98. The molecule has 0 saturated carbocycles. The standard InChI is InChI=1S/C10H8FNO2/c11-9-5-1-3-8(10(13)14)7(9)4-2-6-12/h1,3,5H,2,4H2,(H,13,14). The molecule has 0 saturated heterocycles. The van der Waals surface area contributed by atoms with Gasteiger partial charge in [-0.15, -0.1) is 0 Å². The van der Waals surface area contributed by atoms with Crippen LogP contribution in [0.2, 0.25) is 0 Å². The molecule has 1 rings (SSSR count). The van der Waals surface area contributed by atoms with Crippen LogP contribution in [0.15, 0.2) is 18.2 Å². The van der Waals surface area contributed by atoms with Crippen LogP contribution in [0, 0.1) is 17.1 Å². The zero-order valence-electron chi connectivity index (χ0n) is 7.33. The molecule has 0 heterocycles. The predicted molar refractivity (Wildman–Crippen MR) is 47.3 cm³/mol. The van der Waals surface area contributed by atoms with Crippen molar-refractivity contribution >= 4 is 5.97 Å². The summed E-state index contributed by atoms with van der Waals surface area (Å²) < 4.78 is 13.2. The van der Waals surface area contributed by atoms with E-state index in [0.717, 1.165) is 0 Å². The molecule has 0 fully saturated rings. The Morgan fingerprint density at radius 2 is 2.29 bits per heavy atom. The third-order valence-corrected chi connectivity index (χ3v) is 1.84. The van der Waals surface area contributed by atoms with Gasteiger partial charge in [-0.05, 0) is 18.6 Å². The lowest BCUT2D eigenvalue weighted by Gasteiger charge is -2.04. The molecule has 0 spiro atoms. The second-order valence-electron chi connectivity index (χ2n) is 2.73. The van der Waals surface area contributed by atoms with Gasteiger partial charge in [0.1, 0.15) is 5.82 Å². The molecule has 3 nitrogen and oxygen atoms in total. The van der Waals surface area contributed by atoms with E-state index in [1.165, 1.54) is 18.2 Å². The van der Waals surface area contributed by atoms with Gasteiger partial charge in [0.15, 0.2) is 0 Å². The van der Waals surface area contributed by atoms with E-state index in [0.29, 0.717) is 0 Å². The van der Waals surface area contributed by atoms with Crippen LogP contribution in [0.25, 0.3) is 0 Å². The van der Waals surface area contributed by atoms with Crippen LogP contribution in [0.5, 0.6) is 0 Å². The van der Waals surface area contributed by atoms with Crippen LogP contribution >= 0.6 is 0 Å². The Bertz CT molecular complexity index is 396. The maximum atomic E-state index is 13.2. The topological polar surface area (TPSA) is 61.1 Å². The minimum absolute atomic E-state index is 0.0692. The average Bonchev–Trinajstić information content (AvgIpc) is 2.15. The minimum Gasteiger partial charge on any atom is -0.478 e. The van der Waals surface area contributed by atoms with E-state index < -0.39 is 11.8 Å². The Kier molecular flexibility index (Phi) is 3.19. The fourth-order valence-corrected chi connectivity index (χ4v) is 1.19. The van der Waals surface area contributed by atoms with Crippen LogP contribution in [0.3, 0.4) is 0 Å². The monoisotopic (exact) mass is 193 g/mol. The van der Waals surface area contributed by atoms with E-state index in [2.05, 4.69) is 0 Å². The molecule has 14 heavy (non-hydrogen) atoms.